The van der Waals surface area contributed by atoms with Gasteiger partial charge in [-0.1, -0.05) is 33.8 Å². The van der Waals surface area contributed by atoms with Crippen LogP contribution in [0.15, 0.2) is 12.7 Å². The summed E-state index contributed by atoms with van der Waals surface area (Å²) >= 11 is 0. The average molecular weight is 692 g/mol. The van der Waals surface area contributed by atoms with Crippen LogP contribution in [0.4, 0.5) is 0 Å². The molecule has 0 radical (unpaired) electrons. The number of rotatable bonds is 8. The normalized spacial score (nSPS) is 42.7. The molecular formula is C38H63BrN2O4. The fourth-order valence-electron chi connectivity index (χ4n) is 12.4. The summed E-state index contributed by atoms with van der Waals surface area (Å²) < 4.78 is 13.9. The Hall–Kier alpha value is -0.920. The lowest BCUT2D eigenvalue weighted by molar-refractivity contribution is -0.952. The van der Waals surface area contributed by atoms with Gasteiger partial charge in [-0.3, -0.25) is 14.5 Å². The fraction of sp³-hybridized carbons (Fsp3) is 0.895. The number of halogens is 1. The molecule has 45 heavy (non-hydrogen) atoms. The minimum atomic E-state index is -0.113. The largest absolute Gasteiger partial charge is 1.00 e. The lowest BCUT2D eigenvalue weighted by atomic mass is 9.44. The zero-order chi connectivity index (χ0) is 31.1. The molecule has 6 fully saturated rings. The molecule has 2 heterocycles. The molecular weight excluding hydrogens is 628 g/mol. The maximum absolute atomic E-state index is 13.2. The zero-order valence-corrected chi connectivity index (χ0v) is 30.5. The van der Waals surface area contributed by atoms with Gasteiger partial charge < -0.3 is 30.9 Å². The molecule has 0 unspecified atom stereocenters. The summed E-state index contributed by atoms with van der Waals surface area (Å²) in [5.74, 6) is 2.51. The number of hydrogen-bond donors (Lipinski definition) is 0. The van der Waals surface area contributed by atoms with Crippen LogP contribution in [0.5, 0.6) is 0 Å². The van der Waals surface area contributed by atoms with E-state index in [2.05, 4.69) is 38.3 Å². The summed E-state index contributed by atoms with van der Waals surface area (Å²) in [4.78, 5) is 28.2. The van der Waals surface area contributed by atoms with Gasteiger partial charge in [0.15, 0.2) is 6.10 Å². The number of esters is 2. The van der Waals surface area contributed by atoms with Crippen molar-refractivity contribution in [1.29, 1.82) is 0 Å². The number of piperidine rings is 2. The molecule has 0 N–H and O–H groups in total. The van der Waals surface area contributed by atoms with E-state index in [9.17, 15) is 9.59 Å². The first kappa shape index (κ1) is 35.4. The van der Waals surface area contributed by atoms with Gasteiger partial charge in [-0.25, -0.2) is 0 Å². The van der Waals surface area contributed by atoms with Crippen molar-refractivity contribution < 1.29 is 40.5 Å². The van der Waals surface area contributed by atoms with Crippen molar-refractivity contribution in [3.63, 3.8) is 0 Å². The molecule has 7 heteroatoms. The van der Waals surface area contributed by atoms with Crippen LogP contribution in [-0.2, 0) is 19.1 Å². The zero-order valence-electron chi connectivity index (χ0n) is 29.0. The van der Waals surface area contributed by atoms with E-state index in [1.807, 2.05) is 0 Å². The predicted octanol–water partition coefficient (Wildman–Crippen LogP) is 4.31. The van der Waals surface area contributed by atoms with E-state index in [0.29, 0.717) is 42.2 Å². The quantitative estimate of drug-likeness (QED) is 0.216. The molecule has 0 aromatic carbocycles. The Labute approximate surface area is 284 Å². The van der Waals surface area contributed by atoms with Crippen molar-refractivity contribution in [2.75, 3.05) is 32.7 Å². The second-order valence-electron chi connectivity index (χ2n) is 16.6. The second kappa shape index (κ2) is 14.3. The number of carbonyl (C=O) groups is 2. The van der Waals surface area contributed by atoms with E-state index in [-0.39, 0.29) is 52.0 Å². The fourth-order valence-corrected chi connectivity index (χ4v) is 12.4. The molecule has 256 valence electrons. The monoisotopic (exact) mass is 690 g/mol. The van der Waals surface area contributed by atoms with Crippen molar-refractivity contribution >= 4 is 11.9 Å². The lowest BCUT2D eigenvalue weighted by Gasteiger charge is -2.62. The van der Waals surface area contributed by atoms with Gasteiger partial charge >= 0.3 is 11.9 Å². The van der Waals surface area contributed by atoms with Crippen molar-refractivity contribution in [2.24, 2.45) is 34.5 Å². The Morgan fingerprint density at radius 1 is 0.933 bits per heavy atom. The molecule has 6 rings (SSSR count). The first-order chi connectivity index (χ1) is 21.1. The molecule has 10 atom stereocenters. The molecule has 2 saturated heterocycles. The number of carbonyl (C=O) groups excluding carboxylic acids is 2. The van der Waals surface area contributed by atoms with Crippen LogP contribution < -0.4 is 17.0 Å². The van der Waals surface area contributed by atoms with Crippen LogP contribution in [0.2, 0.25) is 0 Å². The summed E-state index contributed by atoms with van der Waals surface area (Å²) in [5, 5.41) is 0. The minimum absolute atomic E-state index is 0. The van der Waals surface area contributed by atoms with E-state index in [1.54, 1.807) is 6.92 Å². The molecule has 2 aliphatic heterocycles. The van der Waals surface area contributed by atoms with Crippen molar-refractivity contribution in [3.8, 4) is 0 Å². The summed E-state index contributed by atoms with van der Waals surface area (Å²) in [6, 6.07) is 0.732. The Morgan fingerprint density at radius 3 is 2.31 bits per heavy atom. The Morgan fingerprint density at radius 2 is 1.64 bits per heavy atom. The second-order valence-corrected chi connectivity index (χ2v) is 16.6. The van der Waals surface area contributed by atoms with Crippen molar-refractivity contribution in [3.05, 3.63) is 12.7 Å². The van der Waals surface area contributed by atoms with Gasteiger partial charge in [0.2, 0.25) is 0 Å². The van der Waals surface area contributed by atoms with Gasteiger partial charge in [-0.2, -0.15) is 0 Å². The van der Waals surface area contributed by atoms with Gasteiger partial charge in [0.25, 0.3) is 0 Å². The maximum atomic E-state index is 13.2. The van der Waals surface area contributed by atoms with Crippen LogP contribution in [0.25, 0.3) is 0 Å². The van der Waals surface area contributed by atoms with Crippen LogP contribution >= 0.6 is 0 Å². The SMILES string of the molecule is C=CC[N+]1([C@H]2C[C@H]3[C@@H]4CC[C@H]5C[C@H](OC(C)=O)[C@@H](N6CCCCC6)C[C@]5(C)[C@H]4CC[C@]3(C)[C@H]2OC(=O)CCC)CCCCC1.[Br-]. The predicted molar refractivity (Wildman–Crippen MR) is 175 cm³/mol. The Balaban J connectivity index is 0.00000400. The highest BCUT2D eigenvalue weighted by Gasteiger charge is 2.67. The standard InChI is InChI=1S/C38H63N2O4.BrH/c1-6-14-35(42)44-36-33(40(21-7-2)22-12-9-13-23-40)25-31-29-16-15-28-24-34(43-27(3)41)32(39-19-10-8-11-20-39)26-38(28,5)30(29)17-18-37(31,36)4;/h7,28-34,36H,2,6,8-26H2,1,3-5H3;1H/q+1;/p-1/t28-,29+,30-,31-,32-,33-,34-,36-,37-,38-;/m0./s1. The lowest BCUT2D eigenvalue weighted by Crippen LogP contribution is -3.00. The van der Waals surface area contributed by atoms with Crippen LogP contribution in [0.1, 0.15) is 124 Å². The Kier molecular flexibility index (Phi) is 11.2. The summed E-state index contributed by atoms with van der Waals surface area (Å²) in [6.45, 7) is 18.8. The molecule has 0 amide bonds. The van der Waals surface area contributed by atoms with Crippen molar-refractivity contribution in [1.82, 2.24) is 4.90 Å². The topological polar surface area (TPSA) is 55.8 Å². The number of quaternary nitrogens is 1. The van der Waals surface area contributed by atoms with Gasteiger partial charge in [0, 0.05) is 31.2 Å². The van der Waals surface area contributed by atoms with Gasteiger partial charge in [0.05, 0.1) is 19.6 Å². The third-order valence-corrected chi connectivity index (χ3v) is 14.4. The average Bonchev–Trinajstić information content (AvgIpc) is 3.30. The summed E-state index contributed by atoms with van der Waals surface area (Å²) in [7, 11) is 0. The molecule has 0 aromatic heterocycles. The van der Waals surface area contributed by atoms with E-state index >= 15 is 0 Å². The van der Waals surface area contributed by atoms with E-state index in [4.69, 9.17) is 9.47 Å². The third kappa shape index (κ3) is 6.46. The van der Waals surface area contributed by atoms with E-state index in [1.165, 1.54) is 77.3 Å². The van der Waals surface area contributed by atoms with Gasteiger partial charge in [0.1, 0.15) is 12.1 Å². The number of fused-ring (bicyclic) bond motifs is 5. The highest BCUT2D eigenvalue weighted by molar-refractivity contribution is 5.69. The molecule has 0 bridgehead atoms. The van der Waals surface area contributed by atoms with Gasteiger partial charge in [-0.15, -0.1) is 0 Å². The Bertz CT molecular complexity index is 1060. The highest BCUT2D eigenvalue weighted by Crippen LogP contribution is 2.68. The number of hydrogen-bond acceptors (Lipinski definition) is 5. The number of likely N-dealkylation sites (tertiary alicyclic amines) is 2. The van der Waals surface area contributed by atoms with Gasteiger partial charge in [-0.05, 0) is 125 Å². The van der Waals surface area contributed by atoms with Crippen molar-refractivity contribution in [2.45, 2.75) is 148 Å². The highest BCUT2D eigenvalue weighted by atomic mass is 79.9. The number of nitrogens with zero attached hydrogens (tertiary/aromatic N) is 2. The molecule has 6 nitrogen and oxygen atoms in total. The maximum Gasteiger partial charge on any atom is 0.306 e. The van der Waals surface area contributed by atoms with E-state index in [0.717, 1.165) is 49.8 Å². The third-order valence-electron chi connectivity index (χ3n) is 14.4. The first-order valence-corrected chi connectivity index (χ1v) is 18.7. The summed E-state index contributed by atoms with van der Waals surface area (Å²) in [5.41, 5.74) is 0.317. The van der Waals surface area contributed by atoms with Crippen LogP contribution in [0.3, 0.4) is 0 Å². The first-order valence-electron chi connectivity index (χ1n) is 18.7. The summed E-state index contributed by atoms with van der Waals surface area (Å²) in [6.07, 6.45) is 19.6. The van der Waals surface area contributed by atoms with Crippen LogP contribution in [0, 0.1) is 34.5 Å². The molecule has 6 aliphatic rings. The van der Waals surface area contributed by atoms with Crippen LogP contribution in [-0.4, -0.2) is 78.3 Å². The smallest absolute Gasteiger partial charge is 0.306 e. The molecule has 4 aliphatic carbocycles. The van der Waals surface area contributed by atoms with E-state index < -0.39 is 0 Å². The number of ether oxygens (including phenoxy) is 2. The molecule has 0 spiro atoms. The molecule has 4 saturated carbocycles. The minimum Gasteiger partial charge on any atom is -1.00 e. The molecule has 0 aromatic rings.